The van der Waals surface area contributed by atoms with Gasteiger partial charge in [-0.25, -0.2) is 9.97 Å². The van der Waals surface area contributed by atoms with Gasteiger partial charge in [0.1, 0.15) is 11.6 Å². The molecular formula is C13H10BrN5. The summed E-state index contributed by atoms with van der Waals surface area (Å²) in [5.74, 6) is 1.13. The van der Waals surface area contributed by atoms with Gasteiger partial charge in [0.15, 0.2) is 0 Å². The zero-order valence-electron chi connectivity index (χ0n) is 9.84. The van der Waals surface area contributed by atoms with Gasteiger partial charge in [-0.15, -0.1) is 0 Å². The van der Waals surface area contributed by atoms with E-state index < -0.39 is 0 Å². The smallest absolute Gasteiger partial charge is 0.141 e. The molecule has 0 aliphatic heterocycles. The van der Waals surface area contributed by atoms with Crippen LogP contribution in [0.15, 0.2) is 47.5 Å². The van der Waals surface area contributed by atoms with Crippen molar-refractivity contribution in [3.63, 3.8) is 0 Å². The van der Waals surface area contributed by atoms with Crippen molar-refractivity contribution in [2.45, 2.75) is 0 Å². The first-order chi connectivity index (χ1) is 9.24. The molecule has 0 aromatic carbocycles. The lowest BCUT2D eigenvalue weighted by molar-refractivity contribution is 1.25. The highest BCUT2D eigenvalue weighted by Gasteiger charge is 2.09. The lowest BCUT2D eigenvalue weighted by atomic mass is 10.2. The van der Waals surface area contributed by atoms with Crippen molar-refractivity contribution in [2.75, 3.05) is 5.73 Å². The summed E-state index contributed by atoms with van der Waals surface area (Å²) in [6, 6.07) is 5.73. The van der Waals surface area contributed by atoms with Gasteiger partial charge in [-0.3, -0.25) is 4.98 Å². The molecule has 0 unspecified atom stereocenters. The number of H-pyrrole nitrogens is 1. The molecule has 5 nitrogen and oxygen atoms in total. The van der Waals surface area contributed by atoms with E-state index in [1.54, 1.807) is 24.8 Å². The molecule has 3 aromatic rings. The molecule has 0 bridgehead atoms. The third-order valence-electron chi connectivity index (χ3n) is 2.69. The lowest BCUT2D eigenvalue weighted by Gasteiger charge is -2.02. The molecule has 0 amide bonds. The van der Waals surface area contributed by atoms with Crippen molar-refractivity contribution in [3.05, 3.63) is 47.5 Å². The number of nitrogens with zero attached hydrogens (tertiary/aromatic N) is 3. The van der Waals surface area contributed by atoms with Gasteiger partial charge in [0.05, 0.1) is 17.5 Å². The molecule has 0 radical (unpaired) electrons. The number of aromatic nitrogens is 4. The molecule has 0 spiro atoms. The second kappa shape index (κ2) is 4.81. The van der Waals surface area contributed by atoms with E-state index in [0.29, 0.717) is 11.6 Å². The van der Waals surface area contributed by atoms with Crippen molar-refractivity contribution < 1.29 is 0 Å². The first-order valence-corrected chi connectivity index (χ1v) is 6.40. The van der Waals surface area contributed by atoms with Gasteiger partial charge in [-0.2, -0.15) is 0 Å². The van der Waals surface area contributed by atoms with Gasteiger partial charge in [0.25, 0.3) is 0 Å². The van der Waals surface area contributed by atoms with Crippen LogP contribution in [0.2, 0.25) is 0 Å². The molecule has 0 saturated heterocycles. The fourth-order valence-corrected chi connectivity index (χ4v) is 2.10. The lowest BCUT2D eigenvalue weighted by Crippen LogP contribution is -1.94. The van der Waals surface area contributed by atoms with Gasteiger partial charge in [-0.05, 0) is 34.1 Å². The van der Waals surface area contributed by atoms with Crippen LogP contribution in [0.25, 0.3) is 22.6 Å². The van der Waals surface area contributed by atoms with Crippen LogP contribution in [-0.4, -0.2) is 19.9 Å². The standard InChI is InChI=1S/C13H10BrN5/c14-9-4-10(12(15)17-6-9)13-18-7-11(19-13)8-2-1-3-16-5-8/h1-7H,(H2,15,17)(H,18,19). The van der Waals surface area contributed by atoms with Crippen molar-refractivity contribution >= 4 is 21.7 Å². The molecule has 0 saturated carbocycles. The number of halogens is 1. The molecule has 6 heteroatoms. The van der Waals surface area contributed by atoms with Crippen molar-refractivity contribution in [3.8, 4) is 22.6 Å². The Balaban J connectivity index is 2.04. The minimum Gasteiger partial charge on any atom is -0.383 e. The van der Waals surface area contributed by atoms with Gasteiger partial charge in [-0.1, -0.05) is 0 Å². The van der Waals surface area contributed by atoms with E-state index in [-0.39, 0.29) is 0 Å². The van der Waals surface area contributed by atoms with Gasteiger partial charge < -0.3 is 10.7 Å². The number of nitrogens with two attached hydrogens (primary N) is 1. The molecule has 94 valence electrons. The maximum Gasteiger partial charge on any atom is 0.141 e. The van der Waals surface area contributed by atoms with E-state index >= 15 is 0 Å². The molecule has 0 aliphatic carbocycles. The zero-order chi connectivity index (χ0) is 13.2. The maximum absolute atomic E-state index is 5.87. The van der Waals surface area contributed by atoms with Crippen molar-refractivity contribution in [1.29, 1.82) is 0 Å². The second-order valence-electron chi connectivity index (χ2n) is 3.97. The summed E-state index contributed by atoms with van der Waals surface area (Å²) in [6.45, 7) is 0. The Hall–Kier alpha value is -2.21. The van der Waals surface area contributed by atoms with Crippen LogP contribution in [0.1, 0.15) is 0 Å². The predicted octanol–water partition coefficient (Wildman–Crippen LogP) is 2.88. The summed E-state index contributed by atoms with van der Waals surface area (Å²) in [4.78, 5) is 15.7. The maximum atomic E-state index is 5.87. The highest BCUT2D eigenvalue weighted by molar-refractivity contribution is 9.10. The molecule has 3 heterocycles. The highest BCUT2D eigenvalue weighted by atomic mass is 79.9. The summed E-state index contributed by atoms with van der Waals surface area (Å²) in [7, 11) is 0. The number of hydrogen-bond acceptors (Lipinski definition) is 4. The van der Waals surface area contributed by atoms with Crippen LogP contribution >= 0.6 is 15.9 Å². The molecule has 3 rings (SSSR count). The largest absolute Gasteiger partial charge is 0.383 e. The molecule has 3 N–H and O–H groups in total. The quantitative estimate of drug-likeness (QED) is 0.762. The topological polar surface area (TPSA) is 80.5 Å². The van der Waals surface area contributed by atoms with Crippen molar-refractivity contribution in [2.24, 2.45) is 0 Å². The Morgan fingerprint density at radius 2 is 2.05 bits per heavy atom. The van der Waals surface area contributed by atoms with E-state index in [2.05, 4.69) is 35.9 Å². The number of anilines is 1. The Labute approximate surface area is 118 Å². The Kier molecular flexibility index (Phi) is 3.00. The molecule has 3 aromatic heterocycles. The van der Waals surface area contributed by atoms with Crippen LogP contribution in [0, 0.1) is 0 Å². The molecule has 0 fully saturated rings. The van der Waals surface area contributed by atoms with Gasteiger partial charge >= 0.3 is 0 Å². The van der Waals surface area contributed by atoms with Crippen LogP contribution in [-0.2, 0) is 0 Å². The van der Waals surface area contributed by atoms with E-state index in [0.717, 1.165) is 21.3 Å². The van der Waals surface area contributed by atoms with Gasteiger partial charge in [0.2, 0.25) is 0 Å². The number of hydrogen-bond donors (Lipinski definition) is 2. The minimum absolute atomic E-state index is 0.440. The highest BCUT2D eigenvalue weighted by Crippen LogP contribution is 2.26. The summed E-state index contributed by atoms with van der Waals surface area (Å²) >= 11 is 3.38. The summed E-state index contributed by atoms with van der Waals surface area (Å²) in [5.41, 5.74) is 8.50. The van der Waals surface area contributed by atoms with E-state index in [4.69, 9.17) is 5.73 Å². The average molecular weight is 316 g/mol. The van der Waals surface area contributed by atoms with Crippen LogP contribution in [0.3, 0.4) is 0 Å². The fraction of sp³-hybridized carbons (Fsp3) is 0. The fourth-order valence-electron chi connectivity index (χ4n) is 1.77. The van der Waals surface area contributed by atoms with E-state index in [9.17, 15) is 0 Å². The van der Waals surface area contributed by atoms with Crippen molar-refractivity contribution in [1.82, 2.24) is 19.9 Å². The average Bonchev–Trinajstić information content (AvgIpc) is 2.92. The molecule has 0 atom stereocenters. The molecule has 19 heavy (non-hydrogen) atoms. The number of nitrogen functional groups attached to an aromatic ring is 1. The first-order valence-electron chi connectivity index (χ1n) is 5.61. The normalized spacial score (nSPS) is 10.6. The Morgan fingerprint density at radius 3 is 2.84 bits per heavy atom. The van der Waals surface area contributed by atoms with E-state index in [1.807, 2.05) is 18.2 Å². The third-order valence-corrected chi connectivity index (χ3v) is 3.12. The Morgan fingerprint density at radius 1 is 1.16 bits per heavy atom. The summed E-state index contributed by atoms with van der Waals surface area (Å²) < 4.78 is 0.857. The summed E-state index contributed by atoms with van der Waals surface area (Å²) in [6.07, 6.45) is 6.92. The SMILES string of the molecule is Nc1ncc(Br)cc1-c1ncc(-c2cccnc2)[nH]1. The number of aromatic amines is 1. The second-order valence-corrected chi connectivity index (χ2v) is 4.89. The number of rotatable bonds is 2. The number of nitrogens with one attached hydrogen (secondary N) is 1. The van der Waals surface area contributed by atoms with Crippen LogP contribution in [0.4, 0.5) is 5.82 Å². The van der Waals surface area contributed by atoms with E-state index in [1.165, 1.54) is 0 Å². The Bertz CT molecular complexity index is 708. The molecular weight excluding hydrogens is 306 g/mol. The van der Waals surface area contributed by atoms with Crippen LogP contribution < -0.4 is 5.73 Å². The van der Waals surface area contributed by atoms with Gasteiger partial charge in [0, 0.05) is 28.6 Å². The van der Waals surface area contributed by atoms with Crippen LogP contribution in [0.5, 0.6) is 0 Å². The number of imidazole rings is 1. The minimum atomic E-state index is 0.440. The third kappa shape index (κ3) is 2.34. The predicted molar refractivity (Wildman–Crippen MR) is 77.2 cm³/mol. The monoisotopic (exact) mass is 315 g/mol. The number of pyridine rings is 2. The zero-order valence-corrected chi connectivity index (χ0v) is 11.4. The summed E-state index contributed by atoms with van der Waals surface area (Å²) in [5, 5.41) is 0. The molecule has 0 aliphatic rings. The first kappa shape index (κ1) is 11.9.